The summed E-state index contributed by atoms with van der Waals surface area (Å²) in [5.74, 6) is -1.16. The van der Waals surface area contributed by atoms with Crippen molar-refractivity contribution in [1.82, 2.24) is 4.90 Å². The van der Waals surface area contributed by atoms with E-state index in [0.717, 1.165) is 4.90 Å². The molecule has 0 atom stereocenters. The van der Waals surface area contributed by atoms with Crippen LogP contribution < -0.4 is 5.32 Å². The molecule has 2 amide bonds. The van der Waals surface area contributed by atoms with Crippen LogP contribution in [0.25, 0.3) is 0 Å². The van der Waals surface area contributed by atoms with Crippen molar-refractivity contribution >= 4 is 39.3 Å². The second-order valence-electron chi connectivity index (χ2n) is 4.78. The molecular formula is C12H14BrN3O5. The molecule has 0 fully saturated rings. The summed E-state index contributed by atoms with van der Waals surface area (Å²) >= 11 is 3.03. The highest BCUT2D eigenvalue weighted by molar-refractivity contribution is 9.10. The van der Waals surface area contributed by atoms with Crippen molar-refractivity contribution in [2.45, 2.75) is 19.4 Å². The molecule has 0 spiro atoms. The van der Waals surface area contributed by atoms with Crippen LogP contribution in [0, 0.1) is 10.1 Å². The van der Waals surface area contributed by atoms with Crippen molar-refractivity contribution in [1.29, 1.82) is 0 Å². The molecule has 0 aromatic heterocycles. The molecule has 1 aromatic carbocycles. The number of anilines is 1. The number of benzene rings is 1. The summed E-state index contributed by atoms with van der Waals surface area (Å²) in [6.45, 7) is 2.75. The number of amides is 2. The van der Waals surface area contributed by atoms with E-state index in [9.17, 15) is 19.7 Å². The summed E-state index contributed by atoms with van der Waals surface area (Å²) in [5.41, 5.74) is -1.42. The number of nitro groups is 1. The highest BCUT2D eigenvalue weighted by Crippen LogP contribution is 2.28. The smallest absolute Gasteiger partial charge is 0.329 e. The van der Waals surface area contributed by atoms with Gasteiger partial charge in [-0.3, -0.25) is 10.1 Å². The van der Waals surface area contributed by atoms with Crippen molar-refractivity contribution in [3.8, 4) is 0 Å². The molecule has 9 heteroatoms. The van der Waals surface area contributed by atoms with E-state index in [4.69, 9.17) is 5.11 Å². The molecule has 0 aliphatic rings. The molecule has 0 saturated heterocycles. The first-order valence-corrected chi connectivity index (χ1v) is 6.59. The average molecular weight is 360 g/mol. The Balaban J connectivity index is 2.97. The fourth-order valence-electron chi connectivity index (χ4n) is 1.33. The van der Waals surface area contributed by atoms with Crippen LogP contribution in [0.2, 0.25) is 0 Å². The van der Waals surface area contributed by atoms with Crippen LogP contribution in [0.3, 0.4) is 0 Å². The summed E-state index contributed by atoms with van der Waals surface area (Å²) in [5, 5.41) is 22.3. The Kier molecular flexibility index (Phi) is 4.89. The van der Waals surface area contributed by atoms with Gasteiger partial charge >= 0.3 is 12.0 Å². The summed E-state index contributed by atoms with van der Waals surface area (Å²) in [6, 6.07) is 3.40. The van der Waals surface area contributed by atoms with Gasteiger partial charge in [-0.05, 0) is 41.9 Å². The van der Waals surface area contributed by atoms with Gasteiger partial charge in [-0.1, -0.05) is 0 Å². The normalized spacial score (nSPS) is 10.9. The van der Waals surface area contributed by atoms with Crippen LogP contribution >= 0.6 is 15.9 Å². The Hall–Kier alpha value is -2.16. The molecule has 1 aromatic rings. The molecule has 0 aliphatic heterocycles. The molecule has 8 nitrogen and oxygen atoms in total. The Morgan fingerprint density at radius 3 is 2.48 bits per heavy atom. The Morgan fingerprint density at radius 2 is 2.00 bits per heavy atom. The van der Waals surface area contributed by atoms with E-state index in [1.54, 1.807) is 0 Å². The van der Waals surface area contributed by atoms with Gasteiger partial charge in [0, 0.05) is 18.8 Å². The zero-order valence-electron chi connectivity index (χ0n) is 11.6. The fraction of sp³-hybridized carbons (Fsp3) is 0.333. The number of carbonyl (C=O) groups excluding carboxylic acids is 1. The van der Waals surface area contributed by atoms with E-state index in [0.29, 0.717) is 0 Å². The van der Waals surface area contributed by atoms with Crippen molar-refractivity contribution in [2.24, 2.45) is 0 Å². The number of hydrogen-bond donors (Lipinski definition) is 2. The van der Waals surface area contributed by atoms with Crippen molar-refractivity contribution in [3.05, 3.63) is 32.8 Å². The second-order valence-corrected chi connectivity index (χ2v) is 5.63. The van der Waals surface area contributed by atoms with Gasteiger partial charge in [0.1, 0.15) is 5.54 Å². The SMILES string of the molecule is CN(C(=O)Nc1ccc(Br)c([N+](=O)[O-])c1)C(C)(C)C(=O)O. The lowest BCUT2D eigenvalue weighted by atomic mass is 10.1. The minimum absolute atomic E-state index is 0.197. The number of nitro benzene ring substituents is 1. The number of nitrogens with zero attached hydrogens (tertiary/aromatic N) is 2. The van der Waals surface area contributed by atoms with Crippen molar-refractivity contribution < 1.29 is 19.6 Å². The Bertz CT molecular complexity index is 603. The second kappa shape index (κ2) is 6.08. The molecule has 0 bridgehead atoms. The minimum Gasteiger partial charge on any atom is -0.480 e. The van der Waals surface area contributed by atoms with E-state index in [1.807, 2.05) is 0 Å². The van der Waals surface area contributed by atoms with E-state index in [1.165, 1.54) is 39.1 Å². The maximum absolute atomic E-state index is 12.0. The zero-order chi connectivity index (χ0) is 16.4. The molecule has 2 N–H and O–H groups in total. The predicted octanol–water partition coefficient (Wildman–Crippen LogP) is 2.68. The number of halogens is 1. The number of nitrogens with one attached hydrogen (secondary N) is 1. The quantitative estimate of drug-likeness (QED) is 0.633. The molecule has 114 valence electrons. The highest BCUT2D eigenvalue weighted by Gasteiger charge is 2.35. The summed E-state index contributed by atoms with van der Waals surface area (Å²) in [4.78, 5) is 34.3. The lowest BCUT2D eigenvalue weighted by molar-refractivity contribution is -0.385. The van der Waals surface area contributed by atoms with Crippen LogP contribution in [-0.4, -0.2) is 39.5 Å². The number of likely N-dealkylation sites (N-methyl/N-ethyl adjacent to an activating group) is 1. The number of hydrogen-bond acceptors (Lipinski definition) is 4. The predicted molar refractivity (Wildman–Crippen MR) is 79.3 cm³/mol. The first kappa shape index (κ1) is 16.9. The lowest BCUT2D eigenvalue weighted by Crippen LogP contribution is -2.52. The lowest BCUT2D eigenvalue weighted by Gasteiger charge is -2.31. The number of carboxylic acids is 1. The van der Waals surface area contributed by atoms with Crippen LogP contribution in [-0.2, 0) is 4.79 Å². The zero-order valence-corrected chi connectivity index (χ0v) is 13.2. The van der Waals surface area contributed by atoms with E-state index >= 15 is 0 Å². The number of carbonyl (C=O) groups is 2. The number of aliphatic carboxylic acids is 1. The van der Waals surface area contributed by atoms with E-state index < -0.39 is 22.5 Å². The first-order valence-electron chi connectivity index (χ1n) is 5.79. The molecule has 0 unspecified atom stereocenters. The maximum atomic E-state index is 12.0. The van der Waals surface area contributed by atoms with Crippen LogP contribution in [0.15, 0.2) is 22.7 Å². The van der Waals surface area contributed by atoms with Gasteiger partial charge < -0.3 is 15.3 Å². The highest BCUT2D eigenvalue weighted by atomic mass is 79.9. The van der Waals surface area contributed by atoms with Gasteiger partial charge in [0.05, 0.1) is 9.40 Å². The van der Waals surface area contributed by atoms with Gasteiger partial charge in [0.25, 0.3) is 5.69 Å². The minimum atomic E-state index is -1.41. The topological polar surface area (TPSA) is 113 Å². The van der Waals surface area contributed by atoms with Crippen LogP contribution in [0.1, 0.15) is 13.8 Å². The van der Waals surface area contributed by atoms with Gasteiger partial charge in [0.15, 0.2) is 0 Å². The fourth-order valence-corrected chi connectivity index (χ4v) is 1.73. The molecule has 0 saturated carbocycles. The number of carboxylic acid groups (broad SMARTS) is 1. The Labute approximate surface area is 129 Å². The largest absolute Gasteiger partial charge is 0.480 e. The van der Waals surface area contributed by atoms with Crippen LogP contribution in [0.4, 0.5) is 16.2 Å². The third-order valence-corrected chi connectivity index (χ3v) is 3.73. The monoisotopic (exact) mass is 359 g/mol. The van der Waals surface area contributed by atoms with Gasteiger partial charge in [-0.15, -0.1) is 0 Å². The maximum Gasteiger partial charge on any atom is 0.329 e. The third-order valence-electron chi connectivity index (χ3n) is 3.06. The summed E-state index contributed by atoms with van der Waals surface area (Å²) < 4.78 is 0.282. The molecule has 0 radical (unpaired) electrons. The average Bonchev–Trinajstić information content (AvgIpc) is 2.39. The van der Waals surface area contributed by atoms with E-state index in [-0.39, 0.29) is 15.8 Å². The van der Waals surface area contributed by atoms with Crippen molar-refractivity contribution in [3.63, 3.8) is 0 Å². The molecule has 21 heavy (non-hydrogen) atoms. The third kappa shape index (κ3) is 3.69. The van der Waals surface area contributed by atoms with E-state index in [2.05, 4.69) is 21.2 Å². The molecular weight excluding hydrogens is 346 g/mol. The number of urea groups is 1. The van der Waals surface area contributed by atoms with Gasteiger partial charge in [-0.2, -0.15) is 0 Å². The summed E-state index contributed by atoms with van der Waals surface area (Å²) in [6.07, 6.45) is 0. The van der Waals surface area contributed by atoms with Crippen molar-refractivity contribution in [2.75, 3.05) is 12.4 Å². The molecule has 1 rings (SSSR count). The number of rotatable bonds is 4. The van der Waals surface area contributed by atoms with Gasteiger partial charge in [0.2, 0.25) is 0 Å². The standard InChI is InChI=1S/C12H14BrN3O5/c1-12(2,10(17)18)15(3)11(19)14-7-4-5-8(13)9(6-7)16(20)21/h4-6H,1-3H3,(H,14,19)(H,17,18). The molecule has 0 aliphatic carbocycles. The first-order chi connectivity index (χ1) is 9.57. The molecule has 0 heterocycles. The summed E-state index contributed by atoms with van der Waals surface area (Å²) in [7, 11) is 1.33. The van der Waals surface area contributed by atoms with Crippen LogP contribution in [0.5, 0.6) is 0 Å². The Morgan fingerprint density at radius 1 is 1.43 bits per heavy atom. The van der Waals surface area contributed by atoms with Gasteiger partial charge in [-0.25, -0.2) is 9.59 Å².